The molecule has 0 aliphatic heterocycles. The Kier molecular flexibility index (Phi) is 7.29. The number of carbonyl (C=O) groups excluding carboxylic acids is 1. The number of nitrogens with one attached hydrogen (secondary N) is 2. The van der Waals surface area contributed by atoms with Crippen LogP contribution >= 0.6 is 0 Å². The monoisotopic (exact) mass is 245 g/mol. The Balaban J connectivity index is 3.95. The first kappa shape index (κ1) is 15.7. The summed E-state index contributed by atoms with van der Waals surface area (Å²) in [6.07, 6.45) is 1.19. The van der Waals surface area contributed by atoms with Crippen molar-refractivity contribution in [3.05, 3.63) is 0 Å². The lowest BCUT2D eigenvalue weighted by molar-refractivity contribution is -0.139. The van der Waals surface area contributed by atoms with Crippen LogP contribution in [0, 0.1) is 0 Å². The van der Waals surface area contributed by atoms with Crippen LogP contribution in [0.2, 0.25) is 0 Å². The fraction of sp³-hybridized carbons (Fsp3) is 0.818. The van der Waals surface area contributed by atoms with Gasteiger partial charge in [-0.15, -0.1) is 0 Å². The van der Waals surface area contributed by atoms with Gasteiger partial charge in [0.1, 0.15) is 6.04 Å². The smallest absolute Gasteiger partial charge is 0.326 e. The molecule has 0 aromatic rings. The second-order valence-electron chi connectivity index (χ2n) is 4.41. The maximum Gasteiger partial charge on any atom is 0.326 e. The van der Waals surface area contributed by atoms with Crippen molar-refractivity contribution in [2.45, 2.75) is 38.8 Å². The number of rotatable bonds is 7. The van der Waals surface area contributed by atoms with Crippen molar-refractivity contribution >= 4 is 12.0 Å². The predicted molar refractivity (Wildman–Crippen MR) is 66.0 cm³/mol. The van der Waals surface area contributed by atoms with E-state index in [1.165, 1.54) is 0 Å². The molecule has 0 aromatic heterocycles. The van der Waals surface area contributed by atoms with Gasteiger partial charge in [-0.1, -0.05) is 6.92 Å². The van der Waals surface area contributed by atoms with Crippen LogP contribution in [0.15, 0.2) is 0 Å². The third kappa shape index (κ3) is 7.57. The number of urea groups is 1. The number of hydrogen-bond acceptors (Lipinski definition) is 3. The fourth-order valence-electron chi connectivity index (χ4n) is 1.29. The molecule has 0 rings (SSSR count). The normalized spacial score (nSPS) is 14.2. The van der Waals surface area contributed by atoms with Crippen LogP contribution in [0.4, 0.5) is 4.79 Å². The van der Waals surface area contributed by atoms with Crippen molar-refractivity contribution in [2.24, 2.45) is 0 Å². The quantitative estimate of drug-likeness (QED) is 0.609. The molecule has 0 saturated heterocycles. The molecule has 2 unspecified atom stereocenters. The molecule has 0 fully saturated rings. The average Bonchev–Trinajstić information content (AvgIpc) is 2.22. The number of carbonyl (C=O) groups is 2. The van der Waals surface area contributed by atoms with E-state index in [0.29, 0.717) is 6.42 Å². The molecule has 100 valence electrons. The van der Waals surface area contributed by atoms with Gasteiger partial charge in [-0.3, -0.25) is 0 Å². The maximum atomic E-state index is 11.5. The van der Waals surface area contributed by atoms with E-state index < -0.39 is 18.0 Å². The number of amides is 2. The summed E-state index contributed by atoms with van der Waals surface area (Å²) in [7, 11) is 3.93. The molecule has 17 heavy (non-hydrogen) atoms. The van der Waals surface area contributed by atoms with Crippen molar-refractivity contribution in [3.8, 4) is 0 Å². The Morgan fingerprint density at radius 2 is 1.88 bits per heavy atom. The number of hydrogen-bond donors (Lipinski definition) is 3. The van der Waals surface area contributed by atoms with Gasteiger partial charge in [-0.25, -0.2) is 9.59 Å². The summed E-state index contributed by atoms with van der Waals surface area (Å²) >= 11 is 0. The molecule has 0 aliphatic rings. The van der Waals surface area contributed by atoms with Gasteiger partial charge >= 0.3 is 12.0 Å². The number of carboxylic acids is 1. The highest BCUT2D eigenvalue weighted by atomic mass is 16.4. The van der Waals surface area contributed by atoms with Gasteiger partial charge in [0.2, 0.25) is 0 Å². The van der Waals surface area contributed by atoms with E-state index in [0.717, 1.165) is 13.0 Å². The summed E-state index contributed by atoms with van der Waals surface area (Å²) in [5, 5.41) is 13.9. The first-order valence-corrected chi connectivity index (χ1v) is 5.81. The molecule has 0 aromatic carbocycles. The van der Waals surface area contributed by atoms with Crippen LogP contribution in [0.25, 0.3) is 0 Å². The molecule has 0 aliphatic carbocycles. The molecule has 6 nitrogen and oxygen atoms in total. The van der Waals surface area contributed by atoms with E-state index in [-0.39, 0.29) is 6.04 Å². The maximum absolute atomic E-state index is 11.5. The zero-order chi connectivity index (χ0) is 13.4. The van der Waals surface area contributed by atoms with Crippen LogP contribution in [0.3, 0.4) is 0 Å². The highest BCUT2D eigenvalue weighted by molar-refractivity contribution is 5.82. The lowest BCUT2D eigenvalue weighted by atomic mass is 10.2. The van der Waals surface area contributed by atoms with Gasteiger partial charge in [-0.2, -0.15) is 0 Å². The van der Waals surface area contributed by atoms with Gasteiger partial charge in [0, 0.05) is 6.04 Å². The number of aliphatic carboxylic acids is 1. The molecule has 0 bridgehead atoms. The Morgan fingerprint density at radius 1 is 1.29 bits per heavy atom. The third-order valence-electron chi connectivity index (χ3n) is 2.40. The molecular weight excluding hydrogens is 222 g/mol. The Hall–Kier alpha value is -1.30. The molecule has 0 radical (unpaired) electrons. The Morgan fingerprint density at radius 3 is 2.29 bits per heavy atom. The third-order valence-corrected chi connectivity index (χ3v) is 2.40. The summed E-state index contributed by atoms with van der Waals surface area (Å²) in [4.78, 5) is 24.2. The zero-order valence-electron chi connectivity index (χ0n) is 11.0. The second kappa shape index (κ2) is 7.89. The van der Waals surface area contributed by atoms with E-state index >= 15 is 0 Å². The molecule has 0 saturated carbocycles. The predicted octanol–water partition coefficient (Wildman–Crippen LogP) is 0.489. The van der Waals surface area contributed by atoms with Gasteiger partial charge in [0.05, 0.1) is 0 Å². The van der Waals surface area contributed by atoms with E-state index in [1.54, 1.807) is 6.92 Å². The van der Waals surface area contributed by atoms with Crippen molar-refractivity contribution in [1.82, 2.24) is 15.5 Å². The Labute approximate surface area is 102 Å². The lowest BCUT2D eigenvalue weighted by Gasteiger charge is -2.19. The van der Waals surface area contributed by atoms with Crippen LogP contribution in [-0.4, -0.2) is 54.7 Å². The van der Waals surface area contributed by atoms with E-state index in [2.05, 4.69) is 10.6 Å². The highest BCUT2D eigenvalue weighted by Gasteiger charge is 2.18. The molecule has 2 amide bonds. The molecule has 6 heteroatoms. The van der Waals surface area contributed by atoms with Crippen LogP contribution in [0.5, 0.6) is 0 Å². The standard InChI is InChI=1S/C11H23N3O3/c1-5-9(10(15)16)13-11(17)12-8(2)6-7-14(3)4/h8-9H,5-7H2,1-4H3,(H,15,16)(H2,12,13,17). The summed E-state index contributed by atoms with van der Waals surface area (Å²) in [5.41, 5.74) is 0. The van der Waals surface area contributed by atoms with Gasteiger partial charge in [0.15, 0.2) is 0 Å². The van der Waals surface area contributed by atoms with Crippen molar-refractivity contribution < 1.29 is 14.7 Å². The highest BCUT2D eigenvalue weighted by Crippen LogP contribution is 1.94. The molecule has 2 atom stereocenters. The summed E-state index contributed by atoms with van der Waals surface area (Å²) in [6, 6.07) is -1.23. The molecule has 3 N–H and O–H groups in total. The first-order valence-electron chi connectivity index (χ1n) is 5.81. The molecule has 0 spiro atoms. The zero-order valence-corrected chi connectivity index (χ0v) is 11.0. The fourth-order valence-corrected chi connectivity index (χ4v) is 1.29. The second-order valence-corrected chi connectivity index (χ2v) is 4.41. The van der Waals surface area contributed by atoms with E-state index in [4.69, 9.17) is 5.11 Å². The molecular formula is C11H23N3O3. The van der Waals surface area contributed by atoms with Gasteiger partial charge < -0.3 is 20.6 Å². The Bertz CT molecular complexity index is 256. The number of carboxylic acid groups (broad SMARTS) is 1. The SMILES string of the molecule is CCC(NC(=O)NC(C)CCN(C)C)C(=O)O. The average molecular weight is 245 g/mol. The van der Waals surface area contributed by atoms with Gasteiger partial charge in [-0.05, 0) is 40.4 Å². The summed E-state index contributed by atoms with van der Waals surface area (Å²) in [6.45, 7) is 4.48. The molecule has 0 heterocycles. The van der Waals surface area contributed by atoms with Gasteiger partial charge in [0.25, 0.3) is 0 Å². The minimum Gasteiger partial charge on any atom is -0.480 e. The summed E-state index contributed by atoms with van der Waals surface area (Å²) < 4.78 is 0. The lowest BCUT2D eigenvalue weighted by Crippen LogP contribution is -2.48. The van der Waals surface area contributed by atoms with Crippen molar-refractivity contribution in [1.29, 1.82) is 0 Å². The van der Waals surface area contributed by atoms with E-state index in [9.17, 15) is 9.59 Å². The van der Waals surface area contributed by atoms with Crippen LogP contribution < -0.4 is 10.6 Å². The van der Waals surface area contributed by atoms with Crippen LogP contribution in [-0.2, 0) is 4.79 Å². The minimum atomic E-state index is -1.01. The number of nitrogens with zero attached hydrogens (tertiary/aromatic N) is 1. The largest absolute Gasteiger partial charge is 0.480 e. The van der Waals surface area contributed by atoms with E-state index in [1.807, 2.05) is 25.9 Å². The van der Waals surface area contributed by atoms with Crippen LogP contribution in [0.1, 0.15) is 26.7 Å². The topological polar surface area (TPSA) is 81.7 Å². The first-order chi connectivity index (χ1) is 7.86. The summed E-state index contributed by atoms with van der Waals surface area (Å²) in [5.74, 6) is -1.01. The van der Waals surface area contributed by atoms with Crippen molar-refractivity contribution in [3.63, 3.8) is 0 Å². The minimum absolute atomic E-state index is 0.0173. The van der Waals surface area contributed by atoms with Crippen molar-refractivity contribution in [2.75, 3.05) is 20.6 Å².